The molecular weight excluding hydrogens is 274 g/mol. The zero-order valence-corrected chi connectivity index (χ0v) is 13.2. The summed E-state index contributed by atoms with van der Waals surface area (Å²) in [6, 6.07) is 16.4. The van der Waals surface area contributed by atoms with Gasteiger partial charge in [-0.3, -0.25) is 4.99 Å². The van der Waals surface area contributed by atoms with Gasteiger partial charge in [-0.25, -0.2) is 0 Å². The number of hydrogen-bond acceptors (Lipinski definition) is 2. The molecule has 0 fully saturated rings. The molecular formula is C18H23N3O. The molecule has 0 saturated carbocycles. The minimum absolute atomic E-state index is 0.427. The van der Waals surface area contributed by atoms with Crippen LogP contribution in [0.25, 0.3) is 0 Å². The highest BCUT2D eigenvalue weighted by molar-refractivity contribution is 5.92. The molecule has 0 aromatic heterocycles. The second-order valence-electron chi connectivity index (χ2n) is 5.22. The lowest BCUT2D eigenvalue weighted by Crippen LogP contribution is -2.23. The summed E-state index contributed by atoms with van der Waals surface area (Å²) in [4.78, 5) is 4.39. The first-order valence-corrected chi connectivity index (χ1v) is 7.38. The Balaban J connectivity index is 1.93. The molecule has 3 N–H and O–H groups in total. The number of para-hydroxylation sites is 1. The molecule has 0 aliphatic carbocycles. The average molecular weight is 297 g/mol. The molecule has 4 nitrogen and oxygen atoms in total. The van der Waals surface area contributed by atoms with Crippen LogP contribution < -0.4 is 11.1 Å². The van der Waals surface area contributed by atoms with Gasteiger partial charge in [-0.2, -0.15) is 0 Å². The van der Waals surface area contributed by atoms with Crippen LogP contribution in [0.4, 0.5) is 5.69 Å². The molecule has 0 atom stereocenters. The molecule has 116 valence electrons. The fourth-order valence-electron chi connectivity index (χ4n) is 2.27. The van der Waals surface area contributed by atoms with Crippen molar-refractivity contribution in [2.45, 2.75) is 20.0 Å². The van der Waals surface area contributed by atoms with Gasteiger partial charge in [0.05, 0.1) is 6.61 Å². The summed E-state index contributed by atoms with van der Waals surface area (Å²) in [5, 5.41) is 3.14. The van der Waals surface area contributed by atoms with E-state index in [1.165, 1.54) is 11.1 Å². The molecule has 4 heteroatoms. The van der Waals surface area contributed by atoms with E-state index in [2.05, 4.69) is 41.5 Å². The summed E-state index contributed by atoms with van der Waals surface area (Å²) >= 11 is 0. The van der Waals surface area contributed by atoms with Crippen molar-refractivity contribution in [3.63, 3.8) is 0 Å². The molecule has 0 radical (unpaired) electrons. The van der Waals surface area contributed by atoms with Crippen LogP contribution in [-0.4, -0.2) is 19.6 Å². The number of nitrogens with two attached hydrogens (primary N) is 1. The summed E-state index contributed by atoms with van der Waals surface area (Å²) in [5.41, 5.74) is 10.5. The summed E-state index contributed by atoms with van der Waals surface area (Å²) < 4.78 is 5.18. The van der Waals surface area contributed by atoms with Crippen molar-refractivity contribution < 1.29 is 4.74 Å². The SMILES string of the molecule is COCc1ccccc1NC(N)=NCCc1cccc(C)c1. The predicted molar refractivity (Wildman–Crippen MR) is 92.2 cm³/mol. The number of methoxy groups -OCH3 is 1. The van der Waals surface area contributed by atoms with E-state index in [-0.39, 0.29) is 0 Å². The van der Waals surface area contributed by atoms with Crippen LogP contribution >= 0.6 is 0 Å². The monoisotopic (exact) mass is 297 g/mol. The fraction of sp³-hybridized carbons (Fsp3) is 0.278. The summed E-state index contributed by atoms with van der Waals surface area (Å²) in [6.07, 6.45) is 0.879. The summed E-state index contributed by atoms with van der Waals surface area (Å²) in [5.74, 6) is 0.427. The topological polar surface area (TPSA) is 59.6 Å². The average Bonchev–Trinajstić information content (AvgIpc) is 2.49. The van der Waals surface area contributed by atoms with Crippen LogP contribution in [0.15, 0.2) is 53.5 Å². The highest BCUT2D eigenvalue weighted by atomic mass is 16.5. The number of nitrogens with zero attached hydrogens (tertiary/aromatic N) is 1. The second-order valence-corrected chi connectivity index (χ2v) is 5.22. The van der Waals surface area contributed by atoms with Gasteiger partial charge in [0, 0.05) is 24.9 Å². The van der Waals surface area contributed by atoms with Gasteiger partial charge >= 0.3 is 0 Å². The molecule has 0 spiro atoms. The summed E-state index contributed by atoms with van der Waals surface area (Å²) in [7, 11) is 1.68. The van der Waals surface area contributed by atoms with E-state index in [9.17, 15) is 0 Å². The van der Waals surface area contributed by atoms with Gasteiger partial charge in [-0.15, -0.1) is 0 Å². The maximum absolute atomic E-state index is 5.96. The Morgan fingerprint density at radius 3 is 2.77 bits per heavy atom. The van der Waals surface area contributed by atoms with Crippen molar-refractivity contribution in [3.8, 4) is 0 Å². The largest absolute Gasteiger partial charge is 0.380 e. The van der Waals surface area contributed by atoms with E-state index < -0.39 is 0 Å². The number of aliphatic imine (C=N–C) groups is 1. The van der Waals surface area contributed by atoms with Crippen LogP contribution in [0.5, 0.6) is 0 Å². The molecule has 22 heavy (non-hydrogen) atoms. The van der Waals surface area contributed by atoms with Crippen LogP contribution in [0, 0.1) is 6.92 Å². The van der Waals surface area contributed by atoms with Crippen LogP contribution in [-0.2, 0) is 17.8 Å². The van der Waals surface area contributed by atoms with Crippen LogP contribution in [0.3, 0.4) is 0 Å². The third-order valence-corrected chi connectivity index (χ3v) is 3.35. The Morgan fingerprint density at radius 1 is 1.18 bits per heavy atom. The Kier molecular flexibility index (Phi) is 5.98. The van der Waals surface area contributed by atoms with Gasteiger partial charge in [0.25, 0.3) is 0 Å². The molecule has 0 bridgehead atoms. The molecule has 0 unspecified atom stereocenters. The minimum Gasteiger partial charge on any atom is -0.380 e. The molecule has 0 amide bonds. The van der Waals surface area contributed by atoms with Gasteiger partial charge < -0.3 is 15.8 Å². The number of hydrogen-bond donors (Lipinski definition) is 2. The molecule has 0 heterocycles. The number of benzene rings is 2. The molecule has 0 aliphatic rings. The Bertz CT molecular complexity index is 638. The zero-order chi connectivity index (χ0) is 15.8. The summed E-state index contributed by atoms with van der Waals surface area (Å²) in [6.45, 7) is 3.30. The Morgan fingerprint density at radius 2 is 2.00 bits per heavy atom. The molecule has 2 aromatic carbocycles. The number of ether oxygens (including phenoxy) is 1. The molecule has 0 saturated heterocycles. The normalized spacial score (nSPS) is 11.5. The first kappa shape index (κ1) is 16.0. The Hall–Kier alpha value is -2.33. The van der Waals surface area contributed by atoms with E-state index in [1.807, 2.05) is 24.3 Å². The van der Waals surface area contributed by atoms with Crippen molar-refractivity contribution >= 4 is 11.6 Å². The zero-order valence-electron chi connectivity index (χ0n) is 13.2. The highest BCUT2D eigenvalue weighted by Crippen LogP contribution is 2.15. The van der Waals surface area contributed by atoms with E-state index in [4.69, 9.17) is 10.5 Å². The number of anilines is 1. The predicted octanol–water partition coefficient (Wildman–Crippen LogP) is 3.11. The minimum atomic E-state index is 0.427. The maximum Gasteiger partial charge on any atom is 0.193 e. The lowest BCUT2D eigenvalue weighted by atomic mass is 10.1. The van der Waals surface area contributed by atoms with E-state index in [0.717, 1.165) is 17.7 Å². The number of aryl methyl sites for hydroxylation is 1. The molecule has 2 rings (SSSR count). The highest BCUT2D eigenvalue weighted by Gasteiger charge is 2.02. The van der Waals surface area contributed by atoms with E-state index in [0.29, 0.717) is 19.1 Å². The van der Waals surface area contributed by atoms with Crippen LogP contribution in [0.1, 0.15) is 16.7 Å². The third-order valence-electron chi connectivity index (χ3n) is 3.35. The quantitative estimate of drug-likeness (QED) is 0.636. The van der Waals surface area contributed by atoms with E-state index >= 15 is 0 Å². The van der Waals surface area contributed by atoms with Crippen molar-refractivity contribution in [3.05, 3.63) is 65.2 Å². The number of nitrogens with one attached hydrogen (secondary N) is 1. The number of rotatable bonds is 6. The van der Waals surface area contributed by atoms with Gasteiger partial charge in [-0.1, -0.05) is 48.0 Å². The van der Waals surface area contributed by atoms with Crippen LogP contribution in [0.2, 0.25) is 0 Å². The fourth-order valence-corrected chi connectivity index (χ4v) is 2.27. The number of guanidine groups is 1. The molecule has 0 aliphatic heterocycles. The van der Waals surface area contributed by atoms with Crippen molar-refractivity contribution in [1.29, 1.82) is 0 Å². The van der Waals surface area contributed by atoms with Gasteiger partial charge in [-0.05, 0) is 25.0 Å². The maximum atomic E-state index is 5.96. The first-order chi connectivity index (χ1) is 10.7. The smallest absolute Gasteiger partial charge is 0.193 e. The lowest BCUT2D eigenvalue weighted by molar-refractivity contribution is 0.185. The first-order valence-electron chi connectivity index (χ1n) is 7.38. The second kappa shape index (κ2) is 8.20. The van der Waals surface area contributed by atoms with Gasteiger partial charge in [0.2, 0.25) is 0 Å². The standard InChI is InChI=1S/C18H23N3O/c1-14-6-5-7-15(12-14)10-11-20-18(19)21-17-9-4-3-8-16(17)13-22-2/h3-9,12H,10-11,13H2,1-2H3,(H3,19,20,21). The third kappa shape index (κ3) is 4.90. The van der Waals surface area contributed by atoms with Crippen molar-refractivity contribution in [1.82, 2.24) is 0 Å². The molecule has 2 aromatic rings. The van der Waals surface area contributed by atoms with Crippen molar-refractivity contribution in [2.75, 3.05) is 19.0 Å². The van der Waals surface area contributed by atoms with Crippen molar-refractivity contribution in [2.24, 2.45) is 10.7 Å². The Labute approximate surface area is 132 Å². The lowest BCUT2D eigenvalue weighted by Gasteiger charge is -2.10. The van der Waals surface area contributed by atoms with Gasteiger partial charge in [0.1, 0.15) is 0 Å². The van der Waals surface area contributed by atoms with E-state index in [1.54, 1.807) is 7.11 Å². The van der Waals surface area contributed by atoms with Gasteiger partial charge in [0.15, 0.2) is 5.96 Å².